The number of piperazine rings is 1. The maximum absolute atomic E-state index is 12.7. The van der Waals surface area contributed by atoms with Crippen molar-refractivity contribution in [1.82, 2.24) is 20.2 Å². The highest BCUT2D eigenvalue weighted by molar-refractivity contribution is 6.30. The maximum Gasteiger partial charge on any atom is 0.251 e. The summed E-state index contributed by atoms with van der Waals surface area (Å²) >= 11 is 6.20. The van der Waals surface area contributed by atoms with Crippen molar-refractivity contribution in [2.75, 3.05) is 44.2 Å². The molecule has 1 amide bonds. The molecule has 1 N–H and O–H groups in total. The summed E-state index contributed by atoms with van der Waals surface area (Å²) < 4.78 is 0. The Morgan fingerprint density at radius 3 is 2.38 bits per heavy atom. The Hall–Kier alpha value is -2.70. The van der Waals surface area contributed by atoms with E-state index in [9.17, 15) is 4.79 Å². The fourth-order valence-electron chi connectivity index (χ4n) is 4.58. The number of nitrogens with one attached hydrogen (secondary N) is 1. The second-order valence-electron chi connectivity index (χ2n) is 8.90. The van der Waals surface area contributed by atoms with E-state index in [1.807, 2.05) is 24.3 Å². The fourth-order valence-corrected chi connectivity index (χ4v) is 4.74. The lowest BCUT2D eigenvalue weighted by molar-refractivity contribution is 0.0951. The van der Waals surface area contributed by atoms with Gasteiger partial charge in [0.15, 0.2) is 0 Å². The van der Waals surface area contributed by atoms with Crippen LogP contribution in [0.5, 0.6) is 0 Å². The molecule has 180 valence electrons. The van der Waals surface area contributed by atoms with Gasteiger partial charge in [-0.2, -0.15) is 0 Å². The van der Waals surface area contributed by atoms with Gasteiger partial charge in [0.2, 0.25) is 0 Å². The first-order chi connectivity index (χ1) is 16.5. The zero-order chi connectivity index (χ0) is 24.1. The van der Waals surface area contributed by atoms with Crippen LogP contribution in [0.2, 0.25) is 5.02 Å². The van der Waals surface area contributed by atoms with Crippen LogP contribution in [0.15, 0.2) is 36.4 Å². The van der Waals surface area contributed by atoms with Gasteiger partial charge in [-0.05, 0) is 68.6 Å². The van der Waals surface area contributed by atoms with E-state index >= 15 is 0 Å². The SMILES string of the molecule is CCc1nc2ccc(C(=O)NCCCN3CCN(c4cc(Cl)ccc4C)CC3)cc2nc1CC. The highest BCUT2D eigenvalue weighted by atomic mass is 35.5. The van der Waals surface area contributed by atoms with Crippen LogP contribution in [0.4, 0.5) is 5.69 Å². The first kappa shape index (κ1) is 24.4. The second kappa shape index (κ2) is 11.2. The minimum atomic E-state index is -0.0532. The van der Waals surface area contributed by atoms with Gasteiger partial charge < -0.3 is 10.2 Å². The molecule has 0 bridgehead atoms. The van der Waals surface area contributed by atoms with Crippen molar-refractivity contribution in [1.29, 1.82) is 0 Å². The summed E-state index contributed by atoms with van der Waals surface area (Å²) in [5.41, 5.74) is 6.81. The van der Waals surface area contributed by atoms with E-state index in [1.54, 1.807) is 0 Å². The quantitative estimate of drug-likeness (QED) is 0.476. The van der Waals surface area contributed by atoms with Crippen LogP contribution in [-0.4, -0.2) is 60.0 Å². The molecule has 1 fully saturated rings. The van der Waals surface area contributed by atoms with Gasteiger partial charge in [0.05, 0.1) is 22.4 Å². The molecule has 4 rings (SSSR count). The van der Waals surface area contributed by atoms with Gasteiger partial charge in [-0.15, -0.1) is 0 Å². The molecule has 0 radical (unpaired) electrons. The summed E-state index contributed by atoms with van der Waals surface area (Å²) in [6.07, 6.45) is 2.63. The molecule has 0 unspecified atom stereocenters. The van der Waals surface area contributed by atoms with Gasteiger partial charge in [0.25, 0.3) is 5.91 Å². The molecule has 0 spiro atoms. The van der Waals surface area contributed by atoms with E-state index in [-0.39, 0.29) is 5.91 Å². The lowest BCUT2D eigenvalue weighted by Gasteiger charge is -2.37. The molecule has 1 aliphatic rings. The van der Waals surface area contributed by atoms with Crippen LogP contribution in [0, 0.1) is 6.92 Å². The Balaban J connectivity index is 1.24. The average Bonchev–Trinajstić information content (AvgIpc) is 2.87. The minimum absolute atomic E-state index is 0.0532. The molecule has 6 nitrogen and oxygen atoms in total. The van der Waals surface area contributed by atoms with E-state index < -0.39 is 0 Å². The van der Waals surface area contributed by atoms with Crippen molar-refractivity contribution in [3.63, 3.8) is 0 Å². The van der Waals surface area contributed by atoms with Gasteiger partial charge in [-0.3, -0.25) is 9.69 Å². The molecule has 2 heterocycles. The molecule has 7 heteroatoms. The van der Waals surface area contributed by atoms with Crippen LogP contribution in [0.1, 0.15) is 47.6 Å². The van der Waals surface area contributed by atoms with Crippen molar-refractivity contribution >= 4 is 34.2 Å². The molecule has 1 aromatic heterocycles. The number of rotatable bonds is 8. The van der Waals surface area contributed by atoms with E-state index in [4.69, 9.17) is 21.6 Å². The molecule has 0 aliphatic carbocycles. The van der Waals surface area contributed by atoms with Crippen molar-refractivity contribution in [3.8, 4) is 0 Å². The normalized spacial score (nSPS) is 14.5. The number of nitrogens with zero attached hydrogens (tertiary/aromatic N) is 4. The summed E-state index contributed by atoms with van der Waals surface area (Å²) in [6, 6.07) is 11.7. The van der Waals surface area contributed by atoms with Crippen molar-refractivity contribution in [2.24, 2.45) is 0 Å². The molecular weight excluding hydrogens is 446 g/mol. The van der Waals surface area contributed by atoms with Crippen molar-refractivity contribution < 1.29 is 4.79 Å². The number of hydrogen-bond acceptors (Lipinski definition) is 5. The Morgan fingerprint density at radius 2 is 1.68 bits per heavy atom. The largest absolute Gasteiger partial charge is 0.369 e. The van der Waals surface area contributed by atoms with Crippen LogP contribution in [0.25, 0.3) is 11.0 Å². The predicted octanol–water partition coefficient (Wildman–Crippen LogP) is 4.66. The van der Waals surface area contributed by atoms with E-state index in [1.165, 1.54) is 11.3 Å². The van der Waals surface area contributed by atoms with Crippen LogP contribution < -0.4 is 10.2 Å². The van der Waals surface area contributed by atoms with E-state index in [0.29, 0.717) is 12.1 Å². The van der Waals surface area contributed by atoms with Gasteiger partial charge in [0.1, 0.15) is 0 Å². The van der Waals surface area contributed by atoms with Crippen LogP contribution in [0.3, 0.4) is 0 Å². The Morgan fingerprint density at radius 1 is 0.971 bits per heavy atom. The zero-order valence-electron chi connectivity index (χ0n) is 20.4. The summed E-state index contributed by atoms with van der Waals surface area (Å²) in [5.74, 6) is -0.0532. The Kier molecular flexibility index (Phi) is 8.01. The van der Waals surface area contributed by atoms with E-state index in [0.717, 1.165) is 79.4 Å². The van der Waals surface area contributed by atoms with Crippen molar-refractivity contribution in [2.45, 2.75) is 40.0 Å². The lowest BCUT2D eigenvalue weighted by Crippen LogP contribution is -2.47. The van der Waals surface area contributed by atoms with Gasteiger partial charge in [-0.25, -0.2) is 9.97 Å². The number of carbonyl (C=O) groups is 1. The molecule has 0 atom stereocenters. The average molecular weight is 480 g/mol. The fraction of sp³-hybridized carbons (Fsp3) is 0.444. The highest BCUT2D eigenvalue weighted by Gasteiger charge is 2.18. The molecule has 0 saturated carbocycles. The number of benzene rings is 2. The molecule has 2 aromatic carbocycles. The summed E-state index contributed by atoms with van der Waals surface area (Å²) in [7, 11) is 0. The van der Waals surface area contributed by atoms with Gasteiger partial charge in [-0.1, -0.05) is 31.5 Å². The first-order valence-corrected chi connectivity index (χ1v) is 12.7. The number of aryl methyl sites for hydroxylation is 3. The number of hydrogen-bond donors (Lipinski definition) is 1. The second-order valence-corrected chi connectivity index (χ2v) is 9.33. The zero-order valence-corrected chi connectivity index (χ0v) is 21.2. The maximum atomic E-state index is 12.7. The Labute approximate surface area is 207 Å². The van der Waals surface area contributed by atoms with E-state index in [2.05, 4.69) is 48.0 Å². The number of fused-ring (bicyclic) bond motifs is 1. The minimum Gasteiger partial charge on any atom is -0.369 e. The molecule has 34 heavy (non-hydrogen) atoms. The predicted molar refractivity (Wildman–Crippen MR) is 140 cm³/mol. The Bertz CT molecular complexity index is 1160. The lowest BCUT2D eigenvalue weighted by atomic mass is 10.1. The monoisotopic (exact) mass is 479 g/mol. The number of carbonyl (C=O) groups excluding carboxylic acids is 1. The topological polar surface area (TPSA) is 61.4 Å². The third-order valence-corrected chi connectivity index (χ3v) is 6.81. The third kappa shape index (κ3) is 5.68. The van der Waals surface area contributed by atoms with Gasteiger partial charge >= 0.3 is 0 Å². The highest BCUT2D eigenvalue weighted by Crippen LogP contribution is 2.25. The smallest absolute Gasteiger partial charge is 0.251 e. The summed E-state index contributed by atoms with van der Waals surface area (Å²) in [5, 5.41) is 3.85. The van der Waals surface area contributed by atoms with Crippen LogP contribution in [-0.2, 0) is 12.8 Å². The van der Waals surface area contributed by atoms with Crippen LogP contribution >= 0.6 is 11.6 Å². The van der Waals surface area contributed by atoms with Gasteiger partial charge in [0, 0.05) is 49.0 Å². The summed E-state index contributed by atoms with van der Waals surface area (Å²) in [6.45, 7) is 12.0. The standard InChI is InChI=1S/C27H34ClN5O/c1-4-22-23(5-2)31-25-17-20(8-10-24(25)30-22)27(34)29-11-6-12-32-13-15-33(16-14-32)26-18-21(28)9-7-19(26)3/h7-10,17-18H,4-6,11-16H2,1-3H3,(H,29,34). The van der Waals surface area contributed by atoms with Crippen molar-refractivity contribution in [3.05, 3.63) is 63.9 Å². The number of halogens is 1. The molecule has 1 aliphatic heterocycles. The number of aromatic nitrogens is 2. The number of amides is 1. The third-order valence-electron chi connectivity index (χ3n) is 6.57. The molecule has 3 aromatic rings. The first-order valence-electron chi connectivity index (χ1n) is 12.3. The molecule has 1 saturated heterocycles. The number of anilines is 1. The summed E-state index contributed by atoms with van der Waals surface area (Å²) in [4.78, 5) is 27.0. The molecular formula is C27H34ClN5O.